The smallest absolute Gasteiger partial charge is 0.255 e. The number of nitrogens with zero attached hydrogens (tertiary/aromatic N) is 1. The van der Waals surface area contributed by atoms with Crippen LogP contribution >= 0.6 is 0 Å². The number of aromatic nitrogens is 1. The Kier molecular flexibility index (Phi) is 5.68. The van der Waals surface area contributed by atoms with E-state index >= 15 is 0 Å². The number of carbonyl (C=O) groups excluding carboxylic acids is 1. The summed E-state index contributed by atoms with van der Waals surface area (Å²) in [6.07, 6.45) is 1.66. The zero-order valence-corrected chi connectivity index (χ0v) is 15.1. The average molecular weight is 362 g/mol. The Bertz CT molecular complexity index is 939. The summed E-state index contributed by atoms with van der Waals surface area (Å²) in [7, 11) is 0. The van der Waals surface area contributed by atoms with Crippen LogP contribution in [0.3, 0.4) is 0 Å². The molecule has 3 rings (SSSR count). The maximum Gasteiger partial charge on any atom is 0.255 e. The van der Waals surface area contributed by atoms with E-state index in [9.17, 15) is 4.79 Å². The maximum atomic E-state index is 12.5. The van der Waals surface area contributed by atoms with Crippen LogP contribution in [0, 0.1) is 6.92 Å². The van der Waals surface area contributed by atoms with Gasteiger partial charge in [-0.1, -0.05) is 12.1 Å². The molecule has 0 radical (unpaired) electrons. The number of carbonyl (C=O) groups is 1. The first-order valence-corrected chi connectivity index (χ1v) is 8.63. The molecule has 0 unspecified atom stereocenters. The molecule has 0 atom stereocenters. The zero-order chi connectivity index (χ0) is 19.2. The monoisotopic (exact) mass is 362 g/mol. The van der Waals surface area contributed by atoms with Gasteiger partial charge in [-0.25, -0.2) is 4.98 Å². The highest BCUT2D eigenvalue weighted by molar-refractivity contribution is 6.04. The van der Waals surface area contributed by atoms with E-state index in [1.54, 1.807) is 24.4 Å². The van der Waals surface area contributed by atoms with Crippen molar-refractivity contribution in [3.8, 4) is 16.9 Å². The molecule has 0 fully saturated rings. The van der Waals surface area contributed by atoms with Crippen LogP contribution in [0.15, 0.2) is 60.8 Å². The highest BCUT2D eigenvalue weighted by Crippen LogP contribution is 2.23. The molecule has 3 aromatic rings. The van der Waals surface area contributed by atoms with Gasteiger partial charge in [0.05, 0.1) is 0 Å². The number of rotatable bonds is 6. The van der Waals surface area contributed by atoms with E-state index < -0.39 is 0 Å². The molecule has 27 heavy (non-hydrogen) atoms. The first-order valence-electron chi connectivity index (χ1n) is 8.63. The summed E-state index contributed by atoms with van der Waals surface area (Å²) < 4.78 is 5.49. The molecule has 0 spiro atoms. The van der Waals surface area contributed by atoms with Crippen LogP contribution in [-0.2, 0) is 0 Å². The van der Waals surface area contributed by atoms with Gasteiger partial charge in [-0.15, -0.1) is 0 Å². The molecule has 6 heteroatoms. The second kappa shape index (κ2) is 8.33. The van der Waals surface area contributed by atoms with Crippen LogP contribution in [0.25, 0.3) is 11.1 Å². The minimum absolute atomic E-state index is 0.172. The lowest BCUT2D eigenvalue weighted by molar-refractivity contribution is 0.102. The van der Waals surface area contributed by atoms with Gasteiger partial charge in [0.1, 0.15) is 18.2 Å². The summed E-state index contributed by atoms with van der Waals surface area (Å²) in [5.74, 6) is 1.02. The van der Waals surface area contributed by atoms with Gasteiger partial charge in [-0.2, -0.15) is 0 Å². The molecular formula is C21H22N4O2. The summed E-state index contributed by atoms with van der Waals surface area (Å²) in [5, 5.41) is 2.93. The molecule has 138 valence electrons. The minimum atomic E-state index is -0.172. The van der Waals surface area contributed by atoms with Crippen molar-refractivity contribution in [1.82, 2.24) is 4.98 Å². The zero-order valence-electron chi connectivity index (χ0n) is 15.1. The molecule has 0 bridgehead atoms. The molecule has 6 nitrogen and oxygen atoms in total. The van der Waals surface area contributed by atoms with Crippen LogP contribution in [-0.4, -0.2) is 24.0 Å². The predicted octanol–water partition coefficient (Wildman–Crippen LogP) is 3.23. The van der Waals surface area contributed by atoms with Gasteiger partial charge in [0, 0.05) is 24.0 Å². The van der Waals surface area contributed by atoms with Crippen molar-refractivity contribution < 1.29 is 9.53 Å². The fourth-order valence-electron chi connectivity index (χ4n) is 2.68. The Morgan fingerprint density at radius 1 is 1.07 bits per heavy atom. The summed E-state index contributed by atoms with van der Waals surface area (Å²) >= 11 is 0. The van der Waals surface area contributed by atoms with E-state index in [1.807, 2.05) is 43.3 Å². The molecule has 1 aromatic heterocycles. The lowest BCUT2D eigenvalue weighted by Crippen LogP contribution is -2.13. The number of pyridine rings is 1. The van der Waals surface area contributed by atoms with Gasteiger partial charge < -0.3 is 21.5 Å². The third-order valence-corrected chi connectivity index (χ3v) is 4.09. The van der Waals surface area contributed by atoms with Crippen molar-refractivity contribution in [1.29, 1.82) is 0 Å². The molecule has 1 amide bonds. The fourth-order valence-corrected chi connectivity index (χ4v) is 2.68. The molecule has 0 saturated heterocycles. The van der Waals surface area contributed by atoms with Gasteiger partial charge in [-0.3, -0.25) is 4.79 Å². The standard InChI is InChI=1S/C21H22N4O2/c1-14-12-18(27-11-9-22)6-7-19(14)25-21(26)16-4-2-15(3-5-16)17-8-10-24-20(23)13-17/h2-8,10,12-13H,9,11,22H2,1H3,(H2,23,24)(H,25,26). The Morgan fingerprint density at radius 2 is 1.85 bits per heavy atom. The van der Waals surface area contributed by atoms with E-state index in [0.717, 1.165) is 28.1 Å². The lowest BCUT2D eigenvalue weighted by atomic mass is 10.0. The van der Waals surface area contributed by atoms with E-state index in [-0.39, 0.29) is 5.91 Å². The average Bonchev–Trinajstić information content (AvgIpc) is 2.68. The molecule has 2 aromatic carbocycles. The Morgan fingerprint density at radius 3 is 2.52 bits per heavy atom. The highest BCUT2D eigenvalue weighted by Gasteiger charge is 2.09. The molecule has 0 aliphatic carbocycles. The highest BCUT2D eigenvalue weighted by atomic mass is 16.5. The summed E-state index contributed by atoms with van der Waals surface area (Å²) in [4.78, 5) is 16.5. The summed E-state index contributed by atoms with van der Waals surface area (Å²) in [5.41, 5.74) is 15.3. The van der Waals surface area contributed by atoms with Gasteiger partial charge in [0.15, 0.2) is 0 Å². The SMILES string of the molecule is Cc1cc(OCCN)ccc1NC(=O)c1ccc(-c2ccnc(N)c2)cc1. The van der Waals surface area contributed by atoms with Crippen molar-refractivity contribution in [3.05, 3.63) is 71.9 Å². The number of nitrogen functional groups attached to an aromatic ring is 1. The van der Waals surface area contributed by atoms with Crippen LogP contribution in [0.2, 0.25) is 0 Å². The second-order valence-electron chi connectivity index (χ2n) is 6.11. The second-order valence-corrected chi connectivity index (χ2v) is 6.11. The van der Waals surface area contributed by atoms with Crippen LogP contribution in [0.1, 0.15) is 15.9 Å². The Labute approximate surface area is 158 Å². The number of aryl methyl sites for hydroxylation is 1. The Hall–Kier alpha value is -3.38. The fraction of sp³-hybridized carbons (Fsp3) is 0.143. The minimum Gasteiger partial charge on any atom is -0.492 e. The number of hydrogen-bond acceptors (Lipinski definition) is 5. The third kappa shape index (κ3) is 4.62. The molecular weight excluding hydrogens is 340 g/mol. The van der Waals surface area contributed by atoms with Crippen molar-refractivity contribution in [2.24, 2.45) is 5.73 Å². The summed E-state index contributed by atoms with van der Waals surface area (Å²) in [6, 6.07) is 16.5. The van der Waals surface area contributed by atoms with Crippen LogP contribution in [0.5, 0.6) is 5.75 Å². The topological polar surface area (TPSA) is 103 Å². The Balaban J connectivity index is 1.71. The molecule has 0 aliphatic heterocycles. The molecule has 0 aliphatic rings. The molecule has 0 saturated carbocycles. The quantitative estimate of drug-likeness (QED) is 0.625. The lowest BCUT2D eigenvalue weighted by Gasteiger charge is -2.11. The summed E-state index contributed by atoms with van der Waals surface area (Å²) in [6.45, 7) is 2.84. The number of benzene rings is 2. The van der Waals surface area contributed by atoms with Crippen molar-refractivity contribution >= 4 is 17.4 Å². The molecule has 1 heterocycles. The van der Waals surface area contributed by atoms with Gasteiger partial charge >= 0.3 is 0 Å². The maximum absolute atomic E-state index is 12.5. The number of ether oxygens (including phenoxy) is 1. The van der Waals surface area contributed by atoms with Crippen LogP contribution < -0.4 is 21.5 Å². The number of hydrogen-bond donors (Lipinski definition) is 3. The first-order chi connectivity index (χ1) is 13.1. The van der Waals surface area contributed by atoms with Crippen molar-refractivity contribution in [2.75, 3.05) is 24.2 Å². The van der Waals surface area contributed by atoms with E-state index in [2.05, 4.69) is 10.3 Å². The largest absolute Gasteiger partial charge is 0.492 e. The van der Waals surface area contributed by atoms with Crippen molar-refractivity contribution in [2.45, 2.75) is 6.92 Å². The first kappa shape index (κ1) is 18.4. The van der Waals surface area contributed by atoms with E-state index in [1.165, 1.54) is 0 Å². The van der Waals surface area contributed by atoms with Crippen molar-refractivity contribution in [3.63, 3.8) is 0 Å². The number of nitrogens with one attached hydrogen (secondary N) is 1. The normalized spacial score (nSPS) is 10.4. The van der Waals surface area contributed by atoms with E-state index in [4.69, 9.17) is 16.2 Å². The van der Waals surface area contributed by atoms with Gasteiger partial charge in [-0.05, 0) is 66.1 Å². The van der Waals surface area contributed by atoms with Gasteiger partial charge in [0.2, 0.25) is 0 Å². The molecule has 5 N–H and O–H groups in total. The number of anilines is 2. The van der Waals surface area contributed by atoms with E-state index in [0.29, 0.717) is 24.5 Å². The number of nitrogens with two attached hydrogens (primary N) is 2. The number of amides is 1. The third-order valence-electron chi connectivity index (χ3n) is 4.09. The van der Waals surface area contributed by atoms with Gasteiger partial charge in [0.25, 0.3) is 5.91 Å². The van der Waals surface area contributed by atoms with Crippen LogP contribution in [0.4, 0.5) is 11.5 Å². The predicted molar refractivity (Wildman–Crippen MR) is 108 cm³/mol.